The maximum absolute atomic E-state index is 13.9. The van der Waals surface area contributed by atoms with Crippen molar-refractivity contribution < 1.29 is 9.18 Å². The van der Waals surface area contributed by atoms with Gasteiger partial charge in [-0.15, -0.1) is 0 Å². The first kappa shape index (κ1) is 13.1. The molecule has 0 aliphatic carbocycles. The minimum Gasteiger partial charge on any atom is -0.350 e. The van der Waals surface area contributed by atoms with Gasteiger partial charge in [0, 0.05) is 5.39 Å². The Balaban J connectivity index is 2.13. The van der Waals surface area contributed by atoms with Crippen LogP contribution in [0, 0.1) is 11.9 Å². The molecule has 3 rings (SSSR count). The number of carbonyl (C=O) groups excluding carboxylic acids is 1. The number of hydrogen-bond acceptors (Lipinski definition) is 2. The first-order chi connectivity index (χ1) is 10.2. The van der Waals surface area contributed by atoms with Crippen LogP contribution in [0.15, 0.2) is 42.5 Å². The highest BCUT2D eigenvalue weighted by Crippen LogP contribution is 2.22. The predicted octanol–water partition coefficient (Wildman–Crippen LogP) is 3.07. The minimum atomic E-state index is -0.829. The smallest absolute Gasteiger partial charge is 0.340 e. The van der Waals surface area contributed by atoms with Crippen molar-refractivity contribution in [3.8, 4) is 0 Å². The number of nitrogens with zero attached hydrogens (tertiary/aromatic N) is 2. The Labute approximate surface area is 120 Å². The van der Waals surface area contributed by atoms with Gasteiger partial charge >= 0.3 is 6.03 Å². The number of nitrogens with two attached hydrogens (primary N) is 1. The Bertz CT molecular complexity index is 837. The van der Waals surface area contributed by atoms with Crippen molar-refractivity contribution in [1.82, 2.24) is 9.78 Å². The van der Waals surface area contributed by atoms with Gasteiger partial charge in [-0.2, -0.15) is 9.78 Å². The number of aromatic nitrogens is 2. The molecule has 0 saturated carbocycles. The molecule has 21 heavy (non-hydrogen) atoms. The third-order valence-electron chi connectivity index (χ3n) is 3.06. The van der Waals surface area contributed by atoms with Gasteiger partial charge in [0.15, 0.2) is 0 Å². The van der Waals surface area contributed by atoms with Crippen LogP contribution in [0.25, 0.3) is 23.1 Å². The van der Waals surface area contributed by atoms with Gasteiger partial charge in [-0.1, -0.05) is 36.4 Å². The zero-order chi connectivity index (χ0) is 14.8. The molecule has 103 valence electrons. The lowest BCUT2D eigenvalue weighted by Gasteiger charge is -1.96. The van der Waals surface area contributed by atoms with E-state index in [9.17, 15) is 9.18 Å². The number of halogens is 1. The summed E-state index contributed by atoms with van der Waals surface area (Å²) >= 11 is 0. The molecule has 0 unspecified atom stereocenters. The summed E-state index contributed by atoms with van der Waals surface area (Å²) in [5.41, 5.74) is 6.73. The van der Waals surface area contributed by atoms with Crippen LogP contribution < -0.4 is 5.73 Å². The Morgan fingerprint density at radius 3 is 2.71 bits per heavy atom. The van der Waals surface area contributed by atoms with Crippen LogP contribution in [-0.4, -0.2) is 15.8 Å². The Hall–Kier alpha value is -2.95. The van der Waals surface area contributed by atoms with Crippen LogP contribution >= 0.6 is 0 Å². The highest BCUT2D eigenvalue weighted by molar-refractivity contribution is 5.95. The molecule has 3 aromatic rings. The molecule has 1 heterocycles. The molecule has 4 nitrogen and oxygen atoms in total. The van der Waals surface area contributed by atoms with Crippen LogP contribution in [-0.2, 0) is 0 Å². The van der Waals surface area contributed by atoms with Crippen LogP contribution in [0.3, 0.4) is 0 Å². The Morgan fingerprint density at radius 1 is 1.24 bits per heavy atom. The van der Waals surface area contributed by atoms with E-state index in [2.05, 4.69) is 11.2 Å². The minimum absolute atomic E-state index is 0.0639. The summed E-state index contributed by atoms with van der Waals surface area (Å²) in [5.74, 6) is -0.585. The van der Waals surface area contributed by atoms with Crippen molar-refractivity contribution in [1.29, 1.82) is 0 Å². The van der Waals surface area contributed by atoms with Crippen LogP contribution in [0.1, 0.15) is 11.3 Å². The summed E-state index contributed by atoms with van der Waals surface area (Å²) in [5, 5.41) is 4.55. The van der Waals surface area contributed by atoms with E-state index in [1.807, 2.05) is 36.4 Å². The first-order valence-corrected chi connectivity index (χ1v) is 6.28. The number of rotatable bonds is 2. The molecule has 1 aromatic heterocycles. The molecule has 2 aromatic carbocycles. The lowest BCUT2D eigenvalue weighted by Crippen LogP contribution is -2.21. The molecule has 0 saturated heterocycles. The van der Waals surface area contributed by atoms with Crippen LogP contribution in [0.4, 0.5) is 9.18 Å². The van der Waals surface area contributed by atoms with E-state index in [1.165, 1.54) is 0 Å². The molecule has 0 atom stereocenters. The average Bonchev–Trinajstić information content (AvgIpc) is 2.87. The van der Waals surface area contributed by atoms with Crippen molar-refractivity contribution in [2.24, 2.45) is 5.73 Å². The quantitative estimate of drug-likeness (QED) is 0.784. The van der Waals surface area contributed by atoms with Crippen molar-refractivity contribution >= 4 is 29.1 Å². The maximum Gasteiger partial charge on any atom is 0.340 e. The molecule has 0 spiro atoms. The predicted molar refractivity (Wildman–Crippen MR) is 78.9 cm³/mol. The monoisotopic (exact) mass is 280 g/mol. The van der Waals surface area contributed by atoms with Crippen molar-refractivity contribution in [3.63, 3.8) is 0 Å². The normalized spacial score (nSPS) is 11.3. The van der Waals surface area contributed by atoms with E-state index < -0.39 is 11.8 Å². The summed E-state index contributed by atoms with van der Waals surface area (Å²) < 4.78 is 14.7. The molecule has 2 N–H and O–H groups in total. The number of primary amides is 1. The lowest BCUT2D eigenvalue weighted by atomic mass is 10.1. The second-order valence-corrected chi connectivity index (χ2v) is 4.44. The molecule has 0 bridgehead atoms. The SMILES string of the molecule is NC(=O)n1nc(C=Cc2ccccc2)c2c[c]cc(F)c21. The topological polar surface area (TPSA) is 60.9 Å². The molecular formula is C16H11FN3O. The fourth-order valence-corrected chi connectivity index (χ4v) is 2.11. The van der Waals surface area contributed by atoms with E-state index in [0.29, 0.717) is 11.1 Å². The van der Waals surface area contributed by atoms with Gasteiger partial charge in [0.25, 0.3) is 0 Å². The summed E-state index contributed by atoms with van der Waals surface area (Å²) in [7, 11) is 0. The van der Waals surface area contributed by atoms with Crippen molar-refractivity contribution in [2.45, 2.75) is 0 Å². The summed E-state index contributed by atoms with van der Waals surface area (Å²) in [6.45, 7) is 0. The van der Waals surface area contributed by atoms with E-state index in [4.69, 9.17) is 5.73 Å². The van der Waals surface area contributed by atoms with E-state index in [0.717, 1.165) is 16.3 Å². The zero-order valence-electron chi connectivity index (χ0n) is 11.0. The van der Waals surface area contributed by atoms with Crippen LogP contribution in [0.5, 0.6) is 0 Å². The third kappa shape index (κ3) is 2.41. The largest absolute Gasteiger partial charge is 0.350 e. The Morgan fingerprint density at radius 2 is 2.00 bits per heavy atom. The maximum atomic E-state index is 13.9. The number of amides is 1. The molecular weight excluding hydrogens is 269 g/mol. The summed E-state index contributed by atoms with van der Waals surface area (Å²) in [6, 6.07) is 14.2. The first-order valence-electron chi connectivity index (χ1n) is 6.28. The summed E-state index contributed by atoms with van der Waals surface area (Å²) in [4.78, 5) is 11.4. The number of benzene rings is 2. The molecule has 5 heteroatoms. The standard InChI is InChI=1S/C16H11FN3O/c17-13-8-4-7-12-14(19-20(15(12)13)16(18)21)10-9-11-5-2-1-3-6-11/h1-3,5-10H,(H2,18,21). The second kappa shape index (κ2) is 5.20. The molecule has 0 aliphatic heterocycles. The van der Waals surface area contributed by atoms with Gasteiger partial charge in [-0.3, -0.25) is 0 Å². The molecule has 0 fully saturated rings. The highest BCUT2D eigenvalue weighted by Gasteiger charge is 2.15. The second-order valence-electron chi connectivity index (χ2n) is 4.44. The zero-order valence-corrected chi connectivity index (χ0v) is 11.0. The van der Waals surface area contributed by atoms with Gasteiger partial charge in [0.2, 0.25) is 0 Å². The van der Waals surface area contributed by atoms with Crippen LogP contribution in [0.2, 0.25) is 0 Å². The van der Waals surface area contributed by atoms with Crippen molar-refractivity contribution in [2.75, 3.05) is 0 Å². The molecule has 1 amide bonds. The summed E-state index contributed by atoms with van der Waals surface area (Å²) in [6.07, 6.45) is 3.54. The lowest BCUT2D eigenvalue weighted by molar-refractivity contribution is 0.248. The van der Waals surface area contributed by atoms with E-state index >= 15 is 0 Å². The number of fused-ring (bicyclic) bond motifs is 1. The number of hydrogen-bond donors (Lipinski definition) is 1. The molecule has 0 aliphatic rings. The Kier molecular flexibility index (Phi) is 3.23. The highest BCUT2D eigenvalue weighted by atomic mass is 19.1. The molecule has 1 radical (unpaired) electrons. The average molecular weight is 280 g/mol. The number of carbonyl (C=O) groups is 1. The third-order valence-corrected chi connectivity index (χ3v) is 3.06. The fraction of sp³-hybridized carbons (Fsp3) is 0. The van der Waals surface area contributed by atoms with Gasteiger partial charge in [0.05, 0.1) is 5.69 Å². The van der Waals surface area contributed by atoms with E-state index in [-0.39, 0.29) is 5.52 Å². The van der Waals surface area contributed by atoms with Crippen molar-refractivity contribution in [3.05, 3.63) is 65.6 Å². The van der Waals surface area contributed by atoms with Gasteiger partial charge in [-0.05, 0) is 29.8 Å². The van der Waals surface area contributed by atoms with Gasteiger partial charge in [0.1, 0.15) is 11.3 Å². The van der Waals surface area contributed by atoms with E-state index in [1.54, 1.807) is 12.1 Å². The van der Waals surface area contributed by atoms with Gasteiger partial charge in [-0.25, -0.2) is 9.18 Å². The fourth-order valence-electron chi connectivity index (χ4n) is 2.11. The van der Waals surface area contributed by atoms with Gasteiger partial charge < -0.3 is 5.73 Å².